The first-order valence-corrected chi connectivity index (χ1v) is 6.79. The standard InChI is InChI=1S/C12H15FN2O2S/c1-17-12(16)8-4-11(9(13)5-10(8)14)15-7-2-3-18-6-7/h4-5,7,15H,2-3,6,14H2,1H3. The lowest BCUT2D eigenvalue weighted by atomic mass is 10.1. The molecule has 4 nitrogen and oxygen atoms in total. The van der Waals surface area contributed by atoms with Gasteiger partial charge in [-0.1, -0.05) is 0 Å². The van der Waals surface area contributed by atoms with Gasteiger partial charge in [0.2, 0.25) is 0 Å². The van der Waals surface area contributed by atoms with E-state index in [1.807, 2.05) is 11.8 Å². The number of hydrogen-bond donors (Lipinski definition) is 2. The Bertz CT molecular complexity index is 462. The summed E-state index contributed by atoms with van der Waals surface area (Å²) in [6, 6.07) is 2.80. The molecule has 2 rings (SSSR count). The summed E-state index contributed by atoms with van der Waals surface area (Å²) in [5.74, 6) is 1.00. The van der Waals surface area contributed by atoms with Crippen LogP contribution in [0.5, 0.6) is 0 Å². The van der Waals surface area contributed by atoms with Crippen LogP contribution < -0.4 is 11.1 Å². The van der Waals surface area contributed by atoms with E-state index >= 15 is 0 Å². The third kappa shape index (κ3) is 2.69. The number of ether oxygens (including phenoxy) is 1. The summed E-state index contributed by atoms with van der Waals surface area (Å²) < 4.78 is 18.4. The van der Waals surface area contributed by atoms with E-state index in [-0.39, 0.29) is 17.3 Å². The molecule has 1 saturated heterocycles. The van der Waals surface area contributed by atoms with Crippen molar-refractivity contribution in [2.75, 3.05) is 29.7 Å². The zero-order valence-electron chi connectivity index (χ0n) is 10.0. The Hall–Kier alpha value is -1.43. The van der Waals surface area contributed by atoms with Crippen LogP contribution in [-0.2, 0) is 4.74 Å². The van der Waals surface area contributed by atoms with E-state index in [2.05, 4.69) is 10.1 Å². The van der Waals surface area contributed by atoms with Crippen LogP contribution in [0.4, 0.5) is 15.8 Å². The molecule has 3 N–H and O–H groups in total. The van der Waals surface area contributed by atoms with Gasteiger partial charge >= 0.3 is 5.97 Å². The summed E-state index contributed by atoms with van der Waals surface area (Å²) in [6.45, 7) is 0. The number of benzene rings is 1. The van der Waals surface area contributed by atoms with Crippen molar-refractivity contribution >= 4 is 29.1 Å². The van der Waals surface area contributed by atoms with Gasteiger partial charge in [-0.3, -0.25) is 0 Å². The normalized spacial score (nSPS) is 18.7. The monoisotopic (exact) mass is 270 g/mol. The minimum Gasteiger partial charge on any atom is -0.465 e. The molecular weight excluding hydrogens is 255 g/mol. The smallest absolute Gasteiger partial charge is 0.340 e. The molecule has 98 valence electrons. The quantitative estimate of drug-likeness (QED) is 0.650. The lowest BCUT2D eigenvalue weighted by Gasteiger charge is -2.15. The summed E-state index contributed by atoms with van der Waals surface area (Å²) in [5.41, 5.74) is 6.18. The predicted molar refractivity (Wildman–Crippen MR) is 71.5 cm³/mol. The summed E-state index contributed by atoms with van der Waals surface area (Å²) in [5, 5.41) is 3.10. The minimum atomic E-state index is -0.559. The zero-order valence-corrected chi connectivity index (χ0v) is 10.8. The molecule has 0 aliphatic carbocycles. The fraction of sp³-hybridized carbons (Fsp3) is 0.417. The van der Waals surface area contributed by atoms with E-state index in [0.717, 1.165) is 24.0 Å². The summed E-state index contributed by atoms with van der Waals surface area (Å²) >= 11 is 1.82. The van der Waals surface area contributed by atoms with Crippen LogP contribution in [-0.4, -0.2) is 30.6 Å². The van der Waals surface area contributed by atoms with Crippen molar-refractivity contribution in [1.29, 1.82) is 0 Å². The van der Waals surface area contributed by atoms with Gasteiger partial charge in [0.25, 0.3) is 0 Å². The van der Waals surface area contributed by atoms with Crippen molar-refractivity contribution in [3.63, 3.8) is 0 Å². The van der Waals surface area contributed by atoms with Gasteiger partial charge < -0.3 is 15.8 Å². The summed E-state index contributed by atoms with van der Waals surface area (Å²) in [6.07, 6.45) is 0.988. The van der Waals surface area contributed by atoms with Gasteiger partial charge in [0.15, 0.2) is 0 Å². The molecule has 1 aromatic rings. The average Bonchev–Trinajstić information content (AvgIpc) is 2.84. The topological polar surface area (TPSA) is 64.3 Å². The van der Waals surface area contributed by atoms with Gasteiger partial charge in [-0.2, -0.15) is 11.8 Å². The Morgan fingerprint density at radius 1 is 1.61 bits per heavy atom. The largest absolute Gasteiger partial charge is 0.465 e. The number of anilines is 2. The number of rotatable bonds is 3. The van der Waals surface area contributed by atoms with E-state index in [0.29, 0.717) is 5.69 Å². The molecule has 0 saturated carbocycles. The van der Waals surface area contributed by atoms with Crippen molar-refractivity contribution in [2.24, 2.45) is 0 Å². The van der Waals surface area contributed by atoms with Crippen LogP contribution in [0, 0.1) is 5.82 Å². The third-order valence-electron chi connectivity index (χ3n) is 2.83. The molecule has 1 aliphatic rings. The first-order chi connectivity index (χ1) is 8.61. The number of carbonyl (C=O) groups is 1. The maximum absolute atomic E-state index is 13.7. The second-order valence-electron chi connectivity index (χ2n) is 4.12. The van der Waals surface area contributed by atoms with E-state index in [9.17, 15) is 9.18 Å². The highest BCUT2D eigenvalue weighted by Crippen LogP contribution is 2.26. The zero-order chi connectivity index (χ0) is 13.1. The Morgan fingerprint density at radius 3 is 3.00 bits per heavy atom. The van der Waals surface area contributed by atoms with E-state index in [1.165, 1.54) is 13.2 Å². The molecular formula is C12H15FN2O2S. The number of nitrogen functional groups attached to an aromatic ring is 1. The summed E-state index contributed by atoms with van der Waals surface area (Å²) in [4.78, 5) is 11.5. The molecule has 1 unspecified atom stereocenters. The molecule has 1 atom stereocenters. The van der Waals surface area contributed by atoms with Gasteiger partial charge in [0.1, 0.15) is 5.82 Å². The molecule has 6 heteroatoms. The van der Waals surface area contributed by atoms with Gasteiger partial charge in [-0.15, -0.1) is 0 Å². The lowest BCUT2D eigenvalue weighted by Crippen LogP contribution is -2.19. The first kappa shape index (κ1) is 13.0. The van der Waals surface area contributed by atoms with Crippen LogP contribution in [0.1, 0.15) is 16.8 Å². The van der Waals surface area contributed by atoms with Crippen molar-refractivity contribution in [3.8, 4) is 0 Å². The molecule has 18 heavy (non-hydrogen) atoms. The van der Waals surface area contributed by atoms with Crippen LogP contribution in [0.25, 0.3) is 0 Å². The lowest BCUT2D eigenvalue weighted by molar-refractivity contribution is 0.0602. The van der Waals surface area contributed by atoms with Gasteiger partial charge in [0.05, 0.1) is 18.4 Å². The van der Waals surface area contributed by atoms with Crippen LogP contribution >= 0.6 is 11.8 Å². The minimum absolute atomic E-state index is 0.0886. The fourth-order valence-electron chi connectivity index (χ4n) is 1.85. The van der Waals surface area contributed by atoms with Gasteiger partial charge in [0, 0.05) is 17.5 Å². The number of nitrogens with two attached hydrogens (primary N) is 1. The molecule has 0 spiro atoms. The first-order valence-electron chi connectivity index (χ1n) is 5.63. The van der Waals surface area contributed by atoms with E-state index in [1.54, 1.807) is 0 Å². The number of thioether (sulfide) groups is 1. The van der Waals surface area contributed by atoms with Gasteiger partial charge in [-0.05, 0) is 24.3 Å². The van der Waals surface area contributed by atoms with E-state index in [4.69, 9.17) is 5.73 Å². The number of hydrogen-bond acceptors (Lipinski definition) is 5. The number of nitrogens with one attached hydrogen (secondary N) is 1. The van der Waals surface area contributed by atoms with Crippen molar-refractivity contribution in [1.82, 2.24) is 0 Å². The second kappa shape index (κ2) is 5.48. The SMILES string of the molecule is COC(=O)c1cc(NC2CCSC2)c(F)cc1N. The average molecular weight is 270 g/mol. The molecule has 1 fully saturated rings. The number of carbonyl (C=O) groups excluding carboxylic acids is 1. The van der Waals surface area contributed by atoms with Crippen LogP contribution in [0.3, 0.4) is 0 Å². The maximum Gasteiger partial charge on any atom is 0.340 e. The van der Waals surface area contributed by atoms with Crippen molar-refractivity contribution in [3.05, 3.63) is 23.5 Å². The van der Waals surface area contributed by atoms with E-state index < -0.39 is 11.8 Å². The molecule has 0 radical (unpaired) electrons. The fourth-order valence-corrected chi connectivity index (χ4v) is 3.01. The number of esters is 1. The number of halogens is 1. The van der Waals surface area contributed by atoms with Crippen LogP contribution in [0.15, 0.2) is 12.1 Å². The molecule has 0 bridgehead atoms. The Labute approximate surface area is 109 Å². The molecule has 1 aliphatic heterocycles. The van der Waals surface area contributed by atoms with Crippen LogP contribution in [0.2, 0.25) is 0 Å². The highest BCUT2D eigenvalue weighted by molar-refractivity contribution is 7.99. The van der Waals surface area contributed by atoms with Gasteiger partial charge in [-0.25, -0.2) is 9.18 Å². The molecule has 0 amide bonds. The summed E-state index contributed by atoms with van der Waals surface area (Å²) in [7, 11) is 1.27. The van der Waals surface area contributed by atoms with Crippen molar-refractivity contribution in [2.45, 2.75) is 12.5 Å². The Kier molecular flexibility index (Phi) is 3.96. The Morgan fingerprint density at radius 2 is 2.39 bits per heavy atom. The highest BCUT2D eigenvalue weighted by atomic mass is 32.2. The third-order valence-corrected chi connectivity index (χ3v) is 4.00. The molecule has 0 aromatic heterocycles. The molecule has 1 aromatic carbocycles. The number of methoxy groups -OCH3 is 1. The highest BCUT2D eigenvalue weighted by Gasteiger charge is 2.19. The second-order valence-corrected chi connectivity index (χ2v) is 5.27. The molecule has 1 heterocycles. The van der Waals surface area contributed by atoms with Crippen molar-refractivity contribution < 1.29 is 13.9 Å². The Balaban J connectivity index is 2.25. The predicted octanol–water partition coefficient (Wildman–Crippen LogP) is 2.11. The maximum atomic E-state index is 13.7.